The van der Waals surface area contributed by atoms with E-state index in [0.717, 1.165) is 30.9 Å². The van der Waals surface area contributed by atoms with Gasteiger partial charge in [-0.05, 0) is 37.6 Å². The SMILES string of the molecule is Clc1nc(CC2CCNC2)n2ccccc12. The summed E-state index contributed by atoms with van der Waals surface area (Å²) in [5.74, 6) is 1.77. The molecule has 0 aliphatic carbocycles. The molecule has 1 fully saturated rings. The minimum atomic E-state index is 0.613. The summed E-state index contributed by atoms with van der Waals surface area (Å²) in [7, 11) is 0. The first-order chi connectivity index (χ1) is 7.84. The number of fused-ring (bicyclic) bond motifs is 1. The second-order valence-corrected chi connectivity index (χ2v) is 4.70. The Balaban J connectivity index is 1.96. The fraction of sp³-hybridized carbons (Fsp3) is 0.417. The van der Waals surface area contributed by atoms with Gasteiger partial charge >= 0.3 is 0 Å². The van der Waals surface area contributed by atoms with Crippen LogP contribution in [0.1, 0.15) is 12.2 Å². The van der Waals surface area contributed by atoms with Crippen molar-refractivity contribution in [2.24, 2.45) is 5.92 Å². The molecule has 1 aliphatic rings. The molecule has 0 aromatic carbocycles. The quantitative estimate of drug-likeness (QED) is 0.864. The number of hydrogen-bond acceptors (Lipinski definition) is 2. The van der Waals surface area contributed by atoms with E-state index in [1.54, 1.807) is 0 Å². The smallest absolute Gasteiger partial charge is 0.155 e. The molecular formula is C12H14ClN3. The summed E-state index contributed by atoms with van der Waals surface area (Å²) >= 11 is 6.12. The number of hydrogen-bond donors (Lipinski definition) is 1. The zero-order valence-electron chi connectivity index (χ0n) is 8.99. The summed E-state index contributed by atoms with van der Waals surface area (Å²) in [6, 6.07) is 6.01. The molecule has 3 rings (SSSR count). The van der Waals surface area contributed by atoms with Gasteiger partial charge in [-0.2, -0.15) is 0 Å². The topological polar surface area (TPSA) is 29.3 Å². The maximum absolute atomic E-state index is 6.12. The van der Waals surface area contributed by atoms with E-state index in [4.69, 9.17) is 11.6 Å². The van der Waals surface area contributed by atoms with Crippen LogP contribution in [0, 0.1) is 5.92 Å². The summed E-state index contributed by atoms with van der Waals surface area (Å²) in [4.78, 5) is 4.45. The largest absolute Gasteiger partial charge is 0.316 e. The molecule has 1 unspecified atom stereocenters. The molecular weight excluding hydrogens is 222 g/mol. The molecule has 4 heteroatoms. The second kappa shape index (κ2) is 4.07. The highest BCUT2D eigenvalue weighted by atomic mass is 35.5. The van der Waals surface area contributed by atoms with Crippen LogP contribution in [0.15, 0.2) is 24.4 Å². The summed E-state index contributed by atoms with van der Waals surface area (Å²) in [6.45, 7) is 2.22. The van der Waals surface area contributed by atoms with Gasteiger partial charge in [-0.25, -0.2) is 4.98 Å². The molecule has 1 N–H and O–H groups in total. The van der Waals surface area contributed by atoms with Crippen molar-refractivity contribution in [2.75, 3.05) is 13.1 Å². The molecule has 3 nitrogen and oxygen atoms in total. The first-order valence-electron chi connectivity index (χ1n) is 5.67. The van der Waals surface area contributed by atoms with E-state index in [2.05, 4.69) is 14.7 Å². The van der Waals surface area contributed by atoms with Crippen LogP contribution in [0.2, 0.25) is 5.15 Å². The summed E-state index contributed by atoms with van der Waals surface area (Å²) < 4.78 is 2.10. The van der Waals surface area contributed by atoms with Crippen LogP contribution in [0.5, 0.6) is 0 Å². The van der Waals surface area contributed by atoms with E-state index in [-0.39, 0.29) is 0 Å². The fourth-order valence-electron chi connectivity index (χ4n) is 2.35. The summed E-state index contributed by atoms with van der Waals surface area (Å²) in [5.41, 5.74) is 1.00. The average Bonchev–Trinajstić information content (AvgIpc) is 2.90. The van der Waals surface area contributed by atoms with E-state index >= 15 is 0 Å². The zero-order chi connectivity index (χ0) is 11.0. The number of pyridine rings is 1. The van der Waals surface area contributed by atoms with Gasteiger partial charge in [0.15, 0.2) is 5.15 Å². The van der Waals surface area contributed by atoms with Crippen molar-refractivity contribution in [1.82, 2.24) is 14.7 Å². The lowest BCUT2D eigenvalue weighted by Gasteiger charge is -2.06. The Labute approximate surface area is 99.4 Å². The Morgan fingerprint density at radius 3 is 3.25 bits per heavy atom. The third kappa shape index (κ3) is 1.70. The van der Waals surface area contributed by atoms with Crippen LogP contribution < -0.4 is 5.32 Å². The first kappa shape index (κ1) is 10.1. The van der Waals surface area contributed by atoms with Crippen LogP contribution in [-0.4, -0.2) is 22.5 Å². The second-order valence-electron chi connectivity index (χ2n) is 4.34. The molecule has 84 valence electrons. The van der Waals surface area contributed by atoms with Gasteiger partial charge < -0.3 is 9.72 Å². The number of rotatable bonds is 2. The lowest BCUT2D eigenvalue weighted by molar-refractivity contribution is 0.560. The Bertz CT molecular complexity index is 500. The standard InChI is InChI=1S/C12H14ClN3/c13-12-10-3-1-2-6-16(10)11(15-12)7-9-4-5-14-8-9/h1-3,6,9,14H,4-5,7-8H2. The van der Waals surface area contributed by atoms with E-state index in [0.29, 0.717) is 11.1 Å². The number of nitrogens with zero attached hydrogens (tertiary/aromatic N) is 2. The van der Waals surface area contributed by atoms with Crippen LogP contribution >= 0.6 is 11.6 Å². The molecule has 0 amide bonds. The highest BCUT2D eigenvalue weighted by molar-refractivity contribution is 6.32. The molecule has 3 heterocycles. The highest BCUT2D eigenvalue weighted by Crippen LogP contribution is 2.21. The predicted octanol–water partition coefficient (Wildman–Crippen LogP) is 2.14. The van der Waals surface area contributed by atoms with Gasteiger partial charge in [0.1, 0.15) is 5.82 Å². The minimum Gasteiger partial charge on any atom is -0.316 e. The molecule has 1 aliphatic heterocycles. The number of aromatic nitrogens is 2. The van der Waals surface area contributed by atoms with Crippen molar-refractivity contribution in [3.8, 4) is 0 Å². The van der Waals surface area contributed by atoms with Crippen molar-refractivity contribution in [3.63, 3.8) is 0 Å². The lowest BCUT2D eigenvalue weighted by atomic mass is 10.1. The summed E-state index contributed by atoms with van der Waals surface area (Å²) in [5, 5.41) is 3.99. The van der Waals surface area contributed by atoms with E-state index in [1.807, 2.05) is 24.4 Å². The van der Waals surface area contributed by atoms with Crippen LogP contribution in [-0.2, 0) is 6.42 Å². The monoisotopic (exact) mass is 235 g/mol. The number of halogens is 1. The molecule has 1 saturated heterocycles. The van der Waals surface area contributed by atoms with Crippen LogP contribution in [0.4, 0.5) is 0 Å². The van der Waals surface area contributed by atoms with Gasteiger partial charge in [-0.1, -0.05) is 17.7 Å². The third-order valence-corrected chi connectivity index (χ3v) is 3.49. The minimum absolute atomic E-state index is 0.613. The molecule has 16 heavy (non-hydrogen) atoms. The predicted molar refractivity (Wildman–Crippen MR) is 64.9 cm³/mol. The van der Waals surface area contributed by atoms with Gasteiger partial charge in [0, 0.05) is 12.6 Å². The van der Waals surface area contributed by atoms with Crippen molar-refractivity contribution >= 4 is 17.1 Å². The highest BCUT2D eigenvalue weighted by Gasteiger charge is 2.18. The first-order valence-corrected chi connectivity index (χ1v) is 6.04. The molecule has 0 bridgehead atoms. The van der Waals surface area contributed by atoms with Crippen LogP contribution in [0.3, 0.4) is 0 Å². The number of nitrogens with one attached hydrogen (secondary N) is 1. The maximum Gasteiger partial charge on any atom is 0.155 e. The van der Waals surface area contributed by atoms with Gasteiger partial charge in [-0.3, -0.25) is 0 Å². The molecule has 0 radical (unpaired) electrons. The Hall–Kier alpha value is -1.06. The Kier molecular flexibility index (Phi) is 2.58. The average molecular weight is 236 g/mol. The fourth-order valence-corrected chi connectivity index (χ4v) is 2.60. The van der Waals surface area contributed by atoms with E-state index in [1.165, 1.54) is 6.42 Å². The molecule has 0 spiro atoms. The van der Waals surface area contributed by atoms with Gasteiger partial charge in [0.05, 0.1) is 5.52 Å². The maximum atomic E-state index is 6.12. The Morgan fingerprint density at radius 2 is 2.44 bits per heavy atom. The van der Waals surface area contributed by atoms with Crippen molar-refractivity contribution in [2.45, 2.75) is 12.8 Å². The zero-order valence-corrected chi connectivity index (χ0v) is 9.74. The molecule has 2 aromatic heterocycles. The van der Waals surface area contributed by atoms with Gasteiger partial charge in [0.2, 0.25) is 0 Å². The lowest BCUT2D eigenvalue weighted by Crippen LogP contribution is -2.12. The molecule has 2 aromatic rings. The van der Waals surface area contributed by atoms with Crippen molar-refractivity contribution in [1.29, 1.82) is 0 Å². The van der Waals surface area contributed by atoms with E-state index < -0.39 is 0 Å². The normalized spacial score (nSPS) is 20.7. The van der Waals surface area contributed by atoms with Crippen molar-refractivity contribution in [3.05, 3.63) is 35.4 Å². The summed E-state index contributed by atoms with van der Waals surface area (Å²) in [6.07, 6.45) is 4.27. The van der Waals surface area contributed by atoms with Crippen molar-refractivity contribution < 1.29 is 0 Å². The number of imidazole rings is 1. The van der Waals surface area contributed by atoms with Crippen LogP contribution in [0.25, 0.3) is 5.52 Å². The molecule has 1 atom stereocenters. The third-order valence-electron chi connectivity index (χ3n) is 3.21. The molecule has 0 saturated carbocycles. The van der Waals surface area contributed by atoms with E-state index in [9.17, 15) is 0 Å². The van der Waals surface area contributed by atoms with Gasteiger partial charge in [-0.15, -0.1) is 0 Å². The van der Waals surface area contributed by atoms with Gasteiger partial charge in [0.25, 0.3) is 0 Å². The Morgan fingerprint density at radius 1 is 1.50 bits per heavy atom.